The molecule has 1 aliphatic heterocycles. The second kappa shape index (κ2) is 7.28. The zero-order valence-corrected chi connectivity index (χ0v) is 15.5. The van der Waals surface area contributed by atoms with Crippen molar-refractivity contribution < 1.29 is 9.59 Å². The van der Waals surface area contributed by atoms with Gasteiger partial charge in [-0.25, -0.2) is 4.98 Å². The minimum atomic E-state index is -0.586. The Morgan fingerprint density at radius 2 is 2.00 bits per heavy atom. The van der Waals surface area contributed by atoms with Crippen molar-refractivity contribution in [1.29, 1.82) is 0 Å². The van der Waals surface area contributed by atoms with E-state index in [2.05, 4.69) is 15.3 Å². The molecule has 1 aliphatic rings. The lowest BCUT2D eigenvalue weighted by Crippen LogP contribution is -2.28. The van der Waals surface area contributed by atoms with Gasteiger partial charge >= 0.3 is 0 Å². The summed E-state index contributed by atoms with van der Waals surface area (Å²) in [5.74, 6) is -0.232. The van der Waals surface area contributed by atoms with Crippen LogP contribution in [0, 0.1) is 0 Å². The zero-order chi connectivity index (χ0) is 19.7. The lowest BCUT2D eigenvalue weighted by Gasteiger charge is -2.17. The first-order valence-corrected chi connectivity index (χ1v) is 8.98. The summed E-state index contributed by atoms with van der Waals surface area (Å²) >= 11 is 6.18. The molecule has 0 atom stereocenters. The van der Waals surface area contributed by atoms with E-state index >= 15 is 0 Å². The quantitative estimate of drug-likeness (QED) is 0.708. The standard InChI is InChI=1S/C20H16ClN5O2/c21-16-9-14(18(22)27)11-24-19(16)25-15-3-4-17-12(8-15)5-7-26(17)20(28)13-2-1-6-23-10-13/h1-4,6,8-11H,5,7H2,(H2,22,27)(H,24,25). The number of nitrogens with one attached hydrogen (secondary N) is 1. The maximum absolute atomic E-state index is 12.7. The van der Waals surface area contributed by atoms with Crippen LogP contribution in [0.4, 0.5) is 17.2 Å². The Morgan fingerprint density at radius 3 is 2.71 bits per heavy atom. The van der Waals surface area contributed by atoms with Crippen LogP contribution < -0.4 is 16.0 Å². The molecule has 2 amide bonds. The molecule has 1 aromatic carbocycles. The van der Waals surface area contributed by atoms with E-state index in [0.29, 0.717) is 22.9 Å². The predicted octanol–water partition coefficient (Wildman–Crippen LogP) is 3.18. The number of hydrogen-bond donors (Lipinski definition) is 2. The maximum atomic E-state index is 12.7. The van der Waals surface area contributed by atoms with Gasteiger partial charge in [0.2, 0.25) is 5.91 Å². The zero-order valence-electron chi connectivity index (χ0n) is 14.7. The first-order chi connectivity index (χ1) is 13.5. The first-order valence-electron chi connectivity index (χ1n) is 8.60. The molecule has 28 heavy (non-hydrogen) atoms. The van der Waals surface area contributed by atoms with E-state index in [-0.39, 0.29) is 11.5 Å². The number of hydrogen-bond acceptors (Lipinski definition) is 5. The number of aromatic nitrogens is 2. The summed E-state index contributed by atoms with van der Waals surface area (Å²) in [4.78, 5) is 33.9. The number of halogens is 1. The molecule has 7 nitrogen and oxygen atoms in total. The molecular weight excluding hydrogens is 378 g/mol. The summed E-state index contributed by atoms with van der Waals surface area (Å²) in [5, 5.41) is 3.43. The molecule has 0 spiro atoms. The highest BCUT2D eigenvalue weighted by Crippen LogP contribution is 2.33. The van der Waals surface area contributed by atoms with Gasteiger partial charge in [-0.2, -0.15) is 0 Å². The molecule has 0 bridgehead atoms. The third kappa shape index (κ3) is 3.39. The largest absolute Gasteiger partial charge is 0.366 e. The Balaban J connectivity index is 1.56. The molecule has 0 fully saturated rings. The van der Waals surface area contributed by atoms with Crippen LogP contribution in [0.5, 0.6) is 0 Å². The van der Waals surface area contributed by atoms with Gasteiger partial charge < -0.3 is 16.0 Å². The fourth-order valence-corrected chi connectivity index (χ4v) is 3.35. The SMILES string of the molecule is NC(=O)c1cnc(Nc2ccc3c(c2)CCN3C(=O)c2cccnc2)c(Cl)c1. The Kier molecular flexibility index (Phi) is 4.67. The molecule has 0 radical (unpaired) electrons. The Labute approximate surface area is 166 Å². The molecule has 0 saturated heterocycles. The van der Waals surface area contributed by atoms with Gasteiger partial charge in [-0.3, -0.25) is 14.6 Å². The molecule has 0 saturated carbocycles. The molecule has 4 rings (SSSR count). The van der Waals surface area contributed by atoms with Gasteiger partial charge in [-0.15, -0.1) is 0 Å². The molecule has 3 N–H and O–H groups in total. The van der Waals surface area contributed by atoms with Crippen molar-refractivity contribution in [3.8, 4) is 0 Å². The van der Waals surface area contributed by atoms with E-state index in [1.54, 1.807) is 29.4 Å². The first kappa shape index (κ1) is 17.9. The van der Waals surface area contributed by atoms with Crippen molar-refractivity contribution in [2.45, 2.75) is 6.42 Å². The summed E-state index contributed by atoms with van der Waals surface area (Å²) in [6, 6.07) is 10.7. The number of benzene rings is 1. The normalized spacial score (nSPS) is 12.5. The maximum Gasteiger partial charge on any atom is 0.259 e. The van der Waals surface area contributed by atoms with Crippen LogP contribution in [0.1, 0.15) is 26.3 Å². The van der Waals surface area contributed by atoms with E-state index < -0.39 is 5.91 Å². The molecule has 3 heterocycles. The van der Waals surface area contributed by atoms with Gasteiger partial charge in [0.15, 0.2) is 0 Å². The Hall–Kier alpha value is -3.45. The van der Waals surface area contributed by atoms with Gasteiger partial charge in [0.05, 0.1) is 16.1 Å². The van der Waals surface area contributed by atoms with Crippen LogP contribution in [-0.2, 0) is 6.42 Å². The van der Waals surface area contributed by atoms with Crippen molar-refractivity contribution in [2.75, 3.05) is 16.8 Å². The number of amides is 2. The minimum absolute atomic E-state index is 0.0701. The summed E-state index contributed by atoms with van der Waals surface area (Å²) in [6.07, 6.45) is 5.33. The lowest BCUT2D eigenvalue weighted by molar-refractivity contribution is 0.0984. The second-order valence-corrected chi connectivity index (χ2v) is 6.74. The highest BCUT2D eigenvalue weighted by Gasteiger charge is 2.26. The van der Waals surface area contributed by atoms with E-state index in [1.807, 2.05) is 18.2 Å². The summed E-state index contributed by atoms with van der Waals surface area (Å²) in [5.41, 5.74) is 8.75. The number of nitrogens with two attached hydrogens (primary N) is 1. The summed E-state index contributed by atoms with van der Waals surface area (Å²) in [6.45, 7) is 0.610. The number of anilines is 3. The monoisotopic (exact) mass is 393 g/mol. The molecule has 140 valence electrons. The van der Waals surface area contributed by atoms with E-state index in [4.69, 9.17) is 17.3 Å². The smallest absolute Gasteiger partial charge is 0.259 e. The fraction of sp³-hybridized carbons (Fsp3) is 0.100. The van der Waals surface area contributed by atoms with Crippen LogP contribution in [0.25, 0.3) is 0 Å². The minimum Gasteiger partial charge on any atom is -0.366 e. The van der Waals surface area contributed by atoms with Crippen LogP contribution >= 0.6 is 11.6 Å². The van der Waals surface area contributed by atoms with Crippen LogP contribution in [0.3, 0.4) is 0 Å². The van der Waals surface area contributed by atoms with Crippen molar-refractivity contribution in [3.05, 3.63) is 76.7 Å². The number of nitrogens with zero attached hydrogens (tertiary/aromatic N) is 3. The number of rotatable bonds is 4. The number of pyridine rings is 2. The molecule has 2 aromatic heterocycles. The van der Waals surface area contributed by atoms with Gasteiger partial charge in [-0.1, -0.05) is 11.6 Å². The highest BCUT2D eigenvalue weighted by atomic mass is 35.5. The molecule has 8 heteroatoms. The van der Waals surface area contributed by atoms with Gasteiger partial charge in [-0.05, 0) is 48.4 Å². The number of carbonyl (C=O) groups excluding carboxylic acids is 2. The molecule has 0 unspecified atom stereocenters. The summed E-state index contributed by atoms with van der Waals surface area (Å²) < 4.78 is 0. The number of carbonyl (C=O) groups is 2. The number of fused-ring (bicyclic) bond motifs is 1. The highest BCUT2D eigenvalue weighted by molar-refractivity contribution is 6.33. The fourth-order valence-electron chi connectivity index (χ4n) is 3.14. The van der Waals surface area contributed by atoms with Crippen molar-refractivity contribution in [1.82, 2.24) is 9.97 Å². The Morgan fingerprint density at radius 1 is 1.14 bits per heavy atom. The van der Waals surface area contributed by atoms with E-state index in [1.165, 1.54) is 12.3 Å². The van der Waals surface area contributed by atoms with Crippen molar-refractivity contribution in [2.24, 2.45) is 5.73 Å². The average Bonchev–Trinajstić information content (AvgIpc) is 3.12. The van der Waals surface area contributed by atoms with Gasteiger partial charge in [0.1, 0.15) is 5.82 Å². The van der Waals surface area contributed by atoms with Crippen LogP contribution in [0.15, 0.2) is 55.0 Å². The van der Waals surface area contributed by atoms with Crippen molar-refractivity contribution in [3.63, 3.8) is 0 Å². The Bertz CT molecular complexity index is 1070. The van der Waals surface area contributed by atoms with Crippen molar-refractivity contribution >= 4 is 40.6 Å². The van der Waals surface area contributed by atoms with E-state index in [0.717, 1.165) is 23.4 Å². The molecule has 0 aliphatic carbocycles. The second-order valence-electron chi connectivity index (χ2n) is 6.34. The van der Waals surface area contributed by atoms with Gasteiger partial charge in [0.25, 0.3) is 5.91 Å². The third-order valence-corrected chi connectivity index (χ3v) is 4.81. The molecular formula is C20H16ClN5O2. The summed E-state index contributed by atoms with van der Waals surface area (Å²) in [7, 11) is 0. The van der Waals surface area contributed by atoms with E-state index in [9.17, 15) is 9.59 Å². The third-order valence-electron chi connectivity index (χ3n) is 4.52. The average molecular weight is 394 g/mol. The lowest BCUT2D eigenvalue weighted by atomic mass is 10.1. The molecule has 3 aromatic rings. The van der Waals surface area contributed by atoms with Crippen LogP contribution in [0.2, 0.25) is 5.02 Å². The predicted molar refractivity (Wildman–Crippen MR) is 107 cm³/mol. The topological polar surface area (TPSA) is 101 Å². The van der Waals surface area contributed by atoms with Gasteiger partial charge in [0, 0.05) is 36.5 Å². The van der Waals surface area contributed by atoms with Crippen LogP contribution in [-0.4, -0.2) is 28.3 Å². The number of primary amides is 1.